The highest BCUT2D eigenvalue weighted by atomic mass is 16.5. The number of nitrogens with two attached hydrogens (primary N) is 1. The third kappa shape index (κ3) is 7.31. The molecule has 1 aliphatic rings. The predicted molar refractivity (Wildman–Crippen MR) is 76.9 cm³/mol. The zero-order valence-corrected chi connectivity index (χ0v) is 12.2. The lowest BCUT2D eigenvalue weighted by Crippen LogP contribution is -2.35. The first-order valence-electron chi connectivity index (χ1n) is 7.45. The third-order valence-electron chi connectivity index (χ3n) is 3.57. The molecule has 0 spiro atoms. The Morgan fingerprint density at radius 3 is 2.67 bits per heavy atom. The van der Waals surface area contributed by atoms with Crippen LogP contribution in [0.5, 0.6) is 0 Å². The van der Waals surface area contributed by atoms with Gasteiger partial charge in [-0.05, 0) is 59.4 Å². The Labute approximate surface area is 112 Å². The fraction of sp³-hybridized carbons (Fsp3) is 1.00. The van der Waals surface area contributed by atoms with Crippen LogP contribution in [0.3, 0.4) is 0 Å². The maximum Gasteiger partial charge on any atom is 0.0674 e. The molecular formula is C14H31N3O. The summed E-state index contributed by atoms with van der Waals surface area (Å²) in [6.45, 7) is 9.48. The minimum absolute atomic E-state index is 0.317. The summed E-state index contributed by atoms with van der Waals surface area (Å²) < 4.78 is 5.88. The van der Waals surface area contributed by atoms with Gasteiger partial charge in [0.25, 0.3) is 0 Å². The monoisotopic (exact) mass is 257 g/mol. The van der Waals surface area contributed by atoms with Crippen molar-refractivity contribution in [3.8, 4) is 0 Å². The van der Waals surface area contributed by atoms with Crippen LogP contribution in [-0.4, -0.2) is 68.8 Å². The van der Waals surface area contributed by atoms with Crippen LogP contribution < -0.4 is 5.73 Å². The third-order valence-corrected chi connectivity index (χ3v) is 3.57. The molecule has 1 fully saturated rings. The summed E-state index contributed by atoms with van der Waals surface area (Å²) in [7, 11) is 2.14. The fourth-order valence-corrected chi connectivity index (χ4v) is 2.51. The summed E-state index contributed by atoms with van der Waals surface area (Å²) in [6.07, 6.45) is 5.50. The molecule has 1 atom stereocenters. The van der Waals surface area contributed by atoms with Crippen LogP contribution in [-0.2, 0) is 4.74 Å². The molecule has 0 amide bonds. The molecule has 1 heterocycles. The van der Waals surface area contributed by atoms with E-state index < -0.39 is 0 Å². The maximum atomic E-state index is 5.88. The summed E-state index contributed by atoms with van der Waals surface area (Å²) in [6, 6.07) is 0. The topological polar surface area (TPSA) is 41.7 Å². The number of likely N-dealkylation sites (N-methyl/N-ethyl adjacent to an activating group) is 1. The lowest BCUT2D eigenvalue weighted by Gasteiger charge is -2.27. The van der Waals surface area contributed by atoms with Crippen LogP contribution in [0.25, 0.3) is 0 Å². The molecule has 0 aromatic heterocycles. The lowest BCUT2D eigenvalue weighted by molar-refractivity contribution is 0.0274. The van der Waals surface area contributed by atoms with Gasteiger partial charge < -0.3 is 20.3 Å². The van der Waals surface area contributed by atoms with Gasteiger partial charge in [-0.25, -0.2) is 0 Å². The number of hydrogen-bond acceptors (Lipinski definition) is 4. The van der Waals surface area contributed by atoms with Crippen molar-refractivity contribution in [2.24, 2.45) is 5.73 Å². The number of hydrogen-bond donors (Lipinski definition) is 1. The molecule has 4 heteroatoms. The van der Waals surface area contributed by atoms with Gasteiger partial charge in [0.2, 0.25) is 0 Å². The van der Waals surface area contributed by atoms with Gasteiger partial charge >= 0.3 is 0 Å². The van der Waals surface area contributed by atoms with E-state index in [4.69, 9.17) is 10.5 Å². The Balaban J connectivity index is 1.99. The van der Waals surface area contributed by atoms with E-state index in [2.05, 4.69) is 23.8 Å². The second-order valence-electron chi connectivity index (χ2n) is 5.49. The van der Waals surface area contributed by atoms with Gasteiger partial charge in [-0.3, -0.25) is 0 Å². The first-order valence-corrected chi connectivity index (χ1v) is 7.45. The second kappa shape index (κ2) is 9.73. The molecule has 0 radical (unpaired) electrons. The van der Waals surface area contributed by atoms with Crippen LogP contribution >= 0.6 is 0 Å². The minimum Gasteiger partial charge on any atom is -0.376 e. The molecule has 1 saturated heterocycles. The van der Waals surface area contributed by atoms with E-state index >= 15 is 0 Å². The summed E-state index contributed by atoms with van der Waals surface area (Å²) in [5, 5.41) is 0. The Morgan fingerprint density at radius 2 is 2.00 bits per heavy atom. The van der Waals surface area contributed by atoms with Crippen LogP contribution in [0.1, 0.15) is 32.6 Å². The van der Waals surface area contributed by atoms with Crippen molar-refractivity contribution < 1.29 is 4.74 Å². The average molecular weight is 257 g/mol. The van der Waals surface area contributed by atoms with Crippen LogP contribution in [0, 0.1) is 0 Å². The predicted octanol–water partition coefficient (Wildman–Crippen LogP) is 1.16. The SMILES string of the molecule is CC(CN(C)CCCN)OCCN1CCCCC1. The molecule has 0 aliphatic carbocycles. The highest BCUT2D eigenvalue weighted by Crippen LogP contribution is 2.08. The first-order chi connectivity index (χ1) is 8.72. The molecule has 108 valence electrons. The molecular weight excluding hydrogens is 226 g/mol. The van der Waals surface area contributed by atoms with Gasteiger partial charge in [0, 0.05) is 13.1 Å². The number of piperidine rings is 1. The zero-order valence-electron chi connectivity index (χ0n) is 12.2. The Hall–Kier alpha value is -0.160. The van der Waals surface area contributed by atoms with Crippen LogP contribution in [0.15, 0.2) is 0 Å². The molecule has 18 heavy (non-hydrogen) atoms. The minimum atomic E-state index is 0.317. The summed E-state index contributed by atoms with van der Waals surface area (Å²) >= 11 is 0. The Bertz CT molecular complexity index is 195. The van der Waals surface area contributed by atoms with Crippen molar-refractivity contribution in [2.75, 3.05) is 52.9 Å². The highest BCUT2D eigenvalue weighted by molar-refractivity contribution is 4.65. The van der Waals surface area contributed by atoms with Crippen molar-refractivity contribution in [1.29, 1.82) is 0 Å². The standard InChI is InChI=1S/C14H31N3O/c1-14(13-16(2)8-6-7-15)18-12-11-17-9-4-3-5-10-17/h14H,3-13,15H2,1-2H3. The van der Waals surface area contributed by atoms with Crippen molar-refractivity contribution in [2.45, 2.75) is 38.7 Å². The number of ether oxygens (including phenoxy) is 1. The van der Waals surface area contributed by atoms with Gasteiger partial charge in [0.05, 0.1) is 12.7 Å². The molecule has 1 unspecified atom stereocenters. The Kier molecular flexibility index (Phi) is 8.59. The molecule has 2 N–H and O–H groups in total. The van der Waals surface area contributed by atoms with Gasteiger partial charge in [-0.2, -0.15) is 0 Å². The summed E-state index contributed by atoms with van der Waals surface area (Å²) in [5.41, 5.74) is 5.51. The number of likely N-dealkylation sites (tertiary alicyclic amines) is 1. The van der Waals surface area contributed by atoms with Gasteiger partial charge in [0.15, 0.2) is 0 Å². The van der Waals surface area contributed by atoms with Crippen molar-refractivity contribution in [3.63, 3.8) is 0 Å². The van der Waals surface area contributed by atoms with E-state index in [-0.39, 0.29) is 0 Å². The normalized spacial score (nSPS) is 19.3. The van der Waals surface area contributed by atoms with E-state index in [1.165, 1.54) is 32.4 Å². The van der Waals surface area contributed by atoms with E-state index in [0.29, 0.717) is 6.10 Å². The number of nitrogens with zero attached hydrogens (tertiary/aromatic N) is 2. The highest BCUT2D eigenvalue weighted by Gasteiger charge is 2.11. The molecule has 1 rings (SSSR count). The van der Waals surface area contributed by atoms with E-state index in [9.17, 15) is 0 Å². The molecule has 0 saturated carbocycles. The second-order valence-corrected chi connectivity index (χ2v) is 5.49. The van der Waals surface area contributed by atoms with Crippen LogP contribution in [0.4, 0.5) is 0 Å². The van der Waals surface area contributed by atoms with Gasteiger partial charge in [-0.1, -0.05) is 6.42 Å². The Morgan fingerprint density at radius 1 is 1.28 bits per heavy atom. The lowest BCUT2D eigenvalue weighted by atomic mass is 10.1. The zero-order chi connectivity index (χ0) is 13.2. The van der Waals surface area contributed by atoms with E-state index in [0.717, 1.165) is 39.2 Å². The van der Waals surface area contributed by atoms with E-state index in [1.54, 1.807) is 0 Å². The average Bonchev–Trinajstić information content (AvgIpc) is 2.37. The van der Waals surface area contributed by atoms with E-state index in [1.807, 2.05) is 0 Å². The quantitative estimate of drug-likeness (QED) is 0.673. The first kappa shape index (κ1) is 15.9. The summed E-state index contributed by atoms with van der Waals surface area (Å²) in [5.74, 6) is 0. The smallest absolute Gasteiger partial charge is 0.0674 e. The molecule has 0 aromatic carbocycles. The van der Waals surface area contributed by atoms with Crippen molar-refractivity contribution >= 4 is 0 Å². The molecule has 0 bridgehead atoms. The van der Waals surface area contributed by atoms with Crippen molar-refractivity contribution in [1.82, 2.24) is 9.80 Å². The van der Waals surface area contributed by atoms with Gasteiger partial charge in [-0.15, -0.1) is 0 Å². The maximum absolute atomic E-state index is 5.88. The molecule has 1 aliphatic heterocycles. The fourth-order valence-electron chi connectivity index (χ4n) is 2.51. The number of rotatable bonds is 9. The summed E-state index contributed by atoms with van der Waals surface area (Å²) in [4.78, 5) is 4.83. The molecule has 4 nitrogen and oxygen atoms in total. The largest absolute Gasteiger partial charge is 0.376 e. The van der Waals surface area contributed by atoms with Crippen LogP contribution in [0.2, 0.25) is 0 Å². The van der Waals surface area contributed by atoms with Crippen molar-refractivity contribution in [3.05, 3.63) is 0 Å². The molecule has 0 aromatic rings. The van der Waals surface area contributed by atoms with Gasteiger partial charge in [0.1, 0.15) is 0 Å².